The van der Waals surface area contributed by atoms with Crippen LogP contribution in [-0.2, 0) is 4.74 Å². The van der Waals surface area contributed by atoms with Crippen molar-refractivity contribution in [2.45, 2.75) is 43.7 Å². The van der Waals surface area contributed by atoms with Crippen molar-refractivity contribution in [2.24, 2.45) is 5.73 Å². The molecule has 2 N–H and O–H groups in total. The van der Waals surface area contributed by atoms with Gasteiger partial charge in [0.15, 0.2) is 0 Å². The van der Waals surface area contributed by atoms with Crippen LogP contribution in [0, 0.1) is 0 Å². The van der Waals surface area contributed by atoms with Crippen LogP contribution in [0.25, 0.3) is 0 Å². The van der Waals surface area contributed by atoms with Gasteiger partial charge in [0.05, 0.1) is 6.10 Å². The van der Waals surface area contributed by atoms with Gasteiger partial charge >= 0.3 is 0 Å². The monoisotopic (exact) mass is 198 g/mol. The lowest BCUT2D eigenvalue weighted by atomic mass is 9.77. The van der Waals surface area contributed by atoms with Crippen LogP contribution in [0.1, 0.15) is 32.1 Å². The van der Waals surface area contributed by atoms with Crippen molar-refractivity contribution in [3.63, 3.8) is 0 Å². The number of nitrogens with two attached hydrogens (primary N) is 1. The SMILES string of the molecule is COC1CCCC(CN)(N2CCC2)C1. The number of methoxy groups -OCH3 is 1. The molecular formula is C11H22N2O. The van der Waals surface area contributed by atoms with Crippen LogP contribution >= 0.6 is 0 Å². The minimum Gasteiger partial charge on any atom is -0.381 e. The normalized spacial score (nSPS) is 39.4. The Bertz CT molecular complexity index is 194. The van der Waals surface area contributed by atoms with Gasteiger partial charge in [0, 0.05) is 19.2 Å². The van der Waals surface area contributed by atoms with E-state index in [-0.39, 0.29) is 5.54 Å². The molecule has 0 radical (unpaired) electrons. The largest absolute Gasteiger partial charge is 0.381 e. The number of nitrogens with zero attached hydrogens (tertiary/aromatic N) is 1. The van der Waals surface area contributed by atoms with Crippen molar-refractivity contribution in [1.82, 2.24) is 4.90 Å². The van der Waals surface area contributed by atoms with Gasteiger partial charge in [-0.15, -0.1) is 0 Å². The lowest BCUT2D eigenvalue weighted by Crippen LogP contribution is -2.61. The van der Waals surface area contributed by atoms with Gasteiger partial charge < -0.3 is 10.5 Å². The fourth-order valence-corrected chi connectivity index (χ4v) is 2.88. The summed E-state index contributed by atoms with van der Waals surface area (Å²) in [6.07, 6.45) is 6.68. The quantitative estimate of drug-likeness (QED) is 0.734. The summed E-state index contributed by atoms with van der Waals surface area (Å²) in [6, 6.07) is 0. The van der Waals surface area contributed by atoms with Crippen molar-refractivity contribution in [1.29, 1.82) is 0 Å². The molecule has 1 saturated carbocycles. The standard InChI is InChI=1S/C11H22N2O/c1-14-10-4-2-5-11(8-10,9-12)13-6-3-7-13/h10H,2-9,12H2,1H3. The zero-order valence-corrected chi connectivity index (χ0v) is 9.17. The zero-order chi connectivity index (χ0) is 10.0. The summed E-state index contributed by atoms with van der Waals surface area (Å²) in [5.74, 6) is 0. The van der Waals surface area contributed by atoms with Crippen molar-refractivity contribution in [3.05, 3.63) is 0 Å². The molecule has 0 aromatic rings. The Balaban J connectivity index is 2.02. The van der Waals surface area contributed by atoms with Crippen LogP contribution in [0.3, 0.4) is 0 Å². The minimum absolute atomic E-state index is 0.275. The Morgan fingerprint density at radius 2 is 2.21 bits per heavy atom. The fourth-order valence-electron chi connectivity index (χ4n) is 2.88. The van der Waals surface area contributed by atoms with E-state index in [1.54, 1.807) is 0 Å². The minimum atomic E-state index is 0.275. The summed E-state index contributed by atoms with van der Waals surface area (Å²) in [6.45, 7) is 3.29. The molecule has 1 aliphatic heterocycles. The van der Waals surface area contributed by atoms with E-state index in [4.69, 9.17) is 10.5 Å². The molecule has 1 saturated heterocycles. The molecular weight excluding hydrogens is 176 g/mol. The molecule has 0 spiro atoms. The van der Waals surface area contributed by atoms with Gasteiger partial charge in [-0.25, -0.2) is 0 Å². The molecule has 14 heavy (non-hydrogen) atoms. The zero-order valence-electron chi connectivity index (χ0n) is 9.17. The molecule has 0 aromatic carbocycles. The second-order valence-electron chi connectivity index (χ2n) is 4.72. The first kappa shape index (κ1) is 10.4. The van der Waals surface area contributed by atoms with Crippen LogP contribution in [0.15, 0.2) is 0 Å². The third kappa shape index (κ3) is 1.69. The molecule has 2 rings (SSSR count). The molecule has 0 aromatic heterocycles. The first-order chi connectivity index (χ1) is 6.80. The lowest BCUT2D eigenvalue weighted by molar-refractivity contribution is -0.0468. The summed E-state index contributed by atoms with van der Waals surface area (Å²) in [5, 5.41) is 0. The molecule has 82 valence electrons. The summed E-state index contributed by atoms with van der Waals surface area (Å²) in [7, 11) is 1.83. The molecule has 3 nitrogen and oxygen atoms in total. The van der Waals surface area contributed by atoms with Gasteiger partial charge in [0.2, 0.25) is 0 Å². The van der Waals surface area contributed by atoms with Gasteiger partial charge in [-0.2, -0.15) is 0 Å². The highest BCUT2D eigenvalue weighted by Gasteiger charge is 2.42. The third-order valence-electron chi connectivity index (χ3n) is 4.02. The summed E-state index contributed by atoms with van der Waals surface area (Å²) in [4.78, 5) is 2.57. The van der Waals surface area contributed by atoms with E-state index in [1.165, 1.54) is 38.8 Å². The number of likely N-dealkylation sites (tertiary alicyclic amines) is 1. The first-order valence-corrected chi connectivity index (χ1v) is 5.79. The van der Waals surface area contributed by atoms with Gasteiger partial charge in [-0.05, 0) is 45.2 Å². The van der Waals surface area contributed by atoms with Crippen molar-refractivity contribution in [2.75, 3.05) is 26.7 Å². The van der Waals surface area contributed by atoms with Crippen LogP contribution in [0.4, 0.5) is 0 Å². The van der Waals surface area contributed by atoms with E-state index in [0.29, 0.717) is 6.10 Å². The highest BCUT2D eigenvalue weighted by atomic mass is 16.5. The number of rotatable bonds is 3. The van der Waals surface area contributed by atoms with E-state index in [9.17, 15) is 0 Å². The number of ether oxygens (including phenoxy) is 1. The van der Waals surface area contributed by atoms with Gasteiger partial charge in [0.1, 0.15) is 0 Å². The summed E-state index contributed by atoms with van der Waals surface area (Å²) < 4.78 is 5.48. The molecule has 0 amide bonds. The van der Waals surface area contributed by atoms with Crippen LogP contribution in [0.2, 0.25) is 0 Å². The number of hydrogen-bond donors (Lipinski definition) is 1. The molecule has 2 fully saturated rings. The molecule has 2 unspecified atom stereocenters. The van der Waals surface area contributed by atoms with E-state index >= 15 is 0 Å². The van der Waals surface area contributed by atoms with Crippen molar-refractivity contribution < 1.29 is 4.74 Å². The Morgan fingerprint density at radius 3 is 2.71 bits per heavy atom. The Hall–Kier alpha value is -0.120. The van der Waals surface area contributed by atoms with Crippen LogP contribution < -0.4 is 5.73 Å². The topological polar surface area (TPSA) is 38.5 Å². The number of hydrogen-bond acceptors (Lipinski definition) is 3. The Labute approximate surface area is 86.6 Å². The maximum Gasteiger partial charge on any atom is 0.0589 e. The highest BCUT2D eigenvalue weighted by molar-refractivity contribution is 4.99. The van der Waals surface area contributed by atoms with Crippen LogP contribution in [-0.4, -0.2) is 43.3 Å². The molecule has 1 heterocycles. The summed E-state index contributed by atoms with van der Waals surface area (Å²) in [5.41, 5.74) is 6.24. The fraction of sp³-hybridized carbons (Fsp3) is 1.00. The highest BCUT2D eigenvalue weighted by Crippen LogP contribution is 2.36. The van der Waals surface area contributed by atoms with Crippen molar-refractivity contribution >= 4 is 0 Å². The van der Waals surface area contributed by atoms with E-state index in [2.05, 4.69) is 4.90 Å². The maximum absolute atomic E-state index is 5.97. The van der Waals surface area contributed by atoms with Crippen LogP contribution in [0.5, 0.6) is 0 Å². The average molecular weight is 198 g/mol. The molecule has 2 atom stereocenters. The average Bonchev–Trinajstić information content (AvgIpc) is 2.15. The van der Waals surface area contributed by atoms with Crippen molar-refractivity contribution in [3.8, 4) is 0 Å². The maximum atomic E-state index is 5.97. The second kappa shape index (κ2) is 4.17. The van der Waals surface area contributed by atoms with E-state index in [1.807, 2.05) is 7.11 Å². The smallest absolute Gasteiger partial charge is 0.0589 e. The van der Waals surface area contributed by atoms with Gasteiger partial charge in [-0.1, -0.05) is 0 Å². The second-order valence-corrected chi connectivity index (χ2v) is 4.72. The third-order valence-corrected chi connectivity index (χ3v) is 4.02. The molecule has 3 heteroatoms. The van der Waals surface area contributed by atoms with Gasteiger partial charge in [-0.3, -0.25) is 4.90 Å². The molecule has 2 aliphatic rings. The van der Waals surface area contributed by atoms with E-state index in [0.717, 1.165) is 13.0 Å². The lowest BCUT2D eigenvalue weighted by Gasteiger charge is -2.52. The molecule has 1 aliphatic carbocycles. The predicted molar refractivity (Wildman–Crippen MR) is 57.2 cm³/mol. The molecule has 0 bridgehead atoms. The summed E-state index contributed by atoms with van der Waals surface area (Å²) >= 11 is 0. The Morgan fingerprint density at radius 1 is 1.43 bits per heavy atom. The predicted octanol–water partition coefficient (Wildman–Crippen LogP) is 0.979. The first-order valence-electron chi connectivity index (χ1n) is 5.79. The van der Waals surface area contributed by atoms with Gasteiger partial charge in [0.25, 0.3) is 0 Å². The Kier molecular flexibility index (Phi) is 3.10. The van der Waals surface area contributed by atoms with E-state index < -0.39 is 0 Å².